The number of para-hydroxylation sites is 1. The van der Waals surface area contributed by atoms with Gasteiger partial charge in [0, 0.05) is 42.6 Å². The molecule has 1 saturated carbocycles. The minimum Gasteiger partial charge on any atom is -0.396 e. The molecule has 2 aromatic rings. The molecule has 1 aromatic heterocycles. The number of fused-ring (bicyclic) bond motifs is 1. The Kier molecular flexibility index (Phi) is 4.21. The van der Waals surface area contributed by atoms with Crippen LogP contribution in [-0.4, -0.2) is 53.8 Å². The lowest BCUT2D eigenvalue weighted by Gasteiger charge is -2.23. The minimum atomic E-state index is -0.0209. The van der Waals surface area contributed by atoms with E-state index in [4.69, 9.17) is 9.72 Å². The number of amides is 1. The third-order valence-electron chi connectivity index (χ3n) is 4.85. The van der Waals surface area contributed by atoms with Crippen LogP contribution in [0.2, 0.25) is 0 Å². The lowest BCUT2D eigenvalue weighted by atomic mass is 10.0. The highest BCUT2D eigenvalue weighted by Gasteiger charge is 2.29. The van der Waals surface area contributed by atoms with Gasteiger partial charge in [-0.25, -0.2) is 0 Å². The van der Waals surface area contributed by atoms with Crippen molar-refractivity contribution in [3.05, 3.63) is 41.6 Å². The number of rotatable bonds is 3. The van der Waals surface area contributed by atoms with Crippen LogP contribution < -0.4 is 0 Å². The molecule has 1 aromatic carbocycles. The van der Waals surface area contributed by atoms with Crippen LogP contribution >= 0.6 is 0 Å². The fourth-order valence-electron chi connectivity index (χ4n) is 3.31. The third kappa shape index (κ3) is 3.01. The summed E-state index contributed by atoms with van der Waals surface area (Å²) in [5, 5.41) is 10.4. The van der Waals surface area contributed by atoms with Crippen molar-refractivity contribution >= 4 is 16.8 Å². The number of aliphatic hydroxyl groups is 1. The largest absolute Gasteiger partial charge is 0.396 e. The second kappa shape index (κ2) is 6.49. The van der Waals surface area contributed by atoms with Crippen LogP contribution in [0.3, 0.4) is 0 Å². The number of aliphatic hydroxyl groups excluding tert-OH is 1. The van der Waals surface area contributed by atoms with Crippen LogP contribution in [0.25, 0.3) is 10.9 Å². The van der Waals surface area contributed by atoms with Crippen molar-refractivity contribution in [3.8, 4) is 0 Å². The number of aromatic nitrogens is 1. The number of nitrogens with zero attached hydrogens (tertiary/aromatic N) is 2. The molecule has 126 valence electrons. The van der Waals surface area contributed by atoms with Crippen molar-refractivity contribution in [2.24, 2.45) is 5.92 Å². The SMILES string of the molecule is O=C(c1cc(C2CC2)nc2ccccc12)N1CCOC[C@H](CO)C1. The molecule has 1 aliphatic carbocycles. The quantitative estimate of drug-likeness (QED) is 0.939. The summed E-state index contributed by atoms with van der Waals surface area (Å²) < 4.78 is 5.51. The first-order chi connectivity index (χ1) is 11.8. The second-order valence-electron chi connectivity index (χ2n) is 6.76. The van der Waals surface area contributed by atoms with Gasteiger partial charge in [0.1, 0.15) is 0 Å². The summed E-state index contributed by atoms with van der Waals surface area (Å²) in [4.78, 5) is 19.7. The molecule has 0 bridgehead atoms. The molecular formula is C19H22N2O3. The average molecular weight is 326 g/mol. The summed E-state index contributed by atoms with van der Waals surface area (Å²) in [5.41, 5.74) is 2.64. The molecular weight excluding hydrogens is 304 g/mol. The molecule has 5 nitrogen and oxygen atoms in total. The second-order valence-corrected chi connectivity index (χ2v) is 6.76. The predicted octanol–water partition coefficient (Wildman–Crippen LogP) is 2.19. The zero-order valence-electron chi connectivity index (χ0n) is 13.6. The molecule has 0 spiro atoms. The number of hydrogen-bond donors (Lipinski definition) is 1. The number of pyridine rings is 1. The molecule has 4 rings (SSSR count). The fourth-order valence-corrected chi connectivity index (χ4v) is 3.31. The first kappa shape index (κ1) is 15.5. The highest BCUT2D eigenvalue weighted by Crippen LogP contribution is 2.40. The van der Waals surface area contributed by atoms with Crippen molar-refractivity contribution in [2.45, 2.75) is 18.8 Å². The van der Waals surface area contributed by atoms with E-state index in [0.29, 0.717) is 32.2 Å². The van der Waals surface area contributed by atoms with Crippen molar-refractivity contribution in [1.82, 2.24) is 9.88 Å². The van der Waals surface area contributed by atoms with E-state index in [1.807, 2.05) is 35.2 Å². The maximum Gasteiger partial charge on any atom is 0.254 e. The fraction of sp³-hybridized carbons (Fsp3) is 0.474. The van der Waals surface area contributed by atoms with E-state index in [2.05, 4.69) is 0 Å². The van der Waals surface area contributed by atoms with Gasteiger partial charge in [0.05, 0.1) is 24.3 Å². The summed E-state index contributed by atoms with van der Waals surface area (Å²) >= 11 is 0. The number of hydrogen-bond acceptors (Lipinski definition) is 4. The highest BCUT2D eigenvalue weighted by molar-refractivity contribution is 6.06. The van der Waals surface area contributed by atoms with Gasteiger partial charge in [0.15, 0.2) is 0 Å². The van der Waals surface area contributed by atoms with E-state index in [1.165, 1.54) is 0 Å². The summed E-state index contributed by atoms with van der Waals surface area (Å²) in [5.74, 6) is 0.491. The third-order valence-corrected chi connectivity index (χ3v) is 4.85. The van der Waals surface area contributed by atoms with Crippen LogP contribution in [0.1, 0.15) is 34.8 Å². The molecule has 0 radical (unpaired) electrons. The van der Waals surface area contributed by atoms with Gasteiger partial charge in [-0.1, -0.05) is 18.2 Å². The Morgan fingerprint density at radius 2 is 2.17 bits per heavy atom. The zero-order valence-corrected chi connectivity index (χ0v) is 13.6. The van der Waals surface area contributed by atoms with E-state index in [1.54, 1.807) is 0 Å². The van der Waals surface area contributed by atoms with E-state index in [9.17, 15) is 9.90 Å². The van der Waals surface area contributed by atoms with Crippen molar-refractivity contribution in [2.75, 3.05) is 32.9 Å². The maximum absolute atomic E-state index is 13.2. The molecule has 5 heteroatoms. The molecule has 2 heterocycles. The summed E-state index contributed by atoms with van der Waals surface area (Å²) in [7, 11) is 0. The summed E-state index contributed by atoms with van der Waals surface area (Å²) in [6.07, 6.45) is 2.31. The van der Waals surface area contributed by atoms with Gasteiger partial charge in [-0.15, -0.1) is 0 Å². The van der Waals surface area contributed by atoms with E-state index >= 15 is 0 Å². The molecule has 1 atom stereocenters. The van der Waals surface area contributed by atoms with Crippen LogP contribution in [-0.2, 0) is 4.74 Å². The van der Waals surface area contributed by atoms with Crippen molar-refractivity contribution in [1.29, 1.82) is 0 Å². The number of carbonyl (C=O) groups excluding carboxylic acids is 1. The molecule has 1 saturated heterocycles. The van der Waals surface area contributed by atoms with Gasteiger partial charge in [0.2, 0.25) is 0 Å². The molecule has 1 amide bonds. The number of carbonyl (C=O) groups is 1. The Hall–Kier alpha value is -1.98. The Morgan fingerprint density at radius 3 is 2.96 bits per heavy atom. The molecule has 2 aliphatic rings. The van der Waals surface area contributed by atoms with Gasteiger partial charge < -0.3 is 14.7 Å². The van der Waals surface area contributed by atoms with Crippen LogP contribution in [0.5, 0.6) is 0 Å². The van der Waals surface area contributed by atoms with Crippen LogP contribution in [0.15, 0.2) is 30.3 Å². The highest BCUT2D eigenvalue weighted by atomic mass is 16.5. The molecule has 0 unspecified atom stereocenters. The Labute approximate surface area is 141 Å². The number of ether oxygens (including phenoxy) is 1. The smallest absolute Gasteiger partial charge is 0.254 e. The van der Waals surface area contributed by atoms with Gasteiger partial charge in [-0.3, -0.25) is 9.78 Å². The zero-order chi connectivity index (χ0) is 16.5. The Morgan fingerprint density at radius 1 is 1.33 bits per heavy atom. The van der Waals surface area contributed by atoms with Gasteiger partial charge in [0.25, 0.3) is 5.91 Å². The normalized spacial score (nSPS) is 21.7. The van der Waals surface area contributed by atoms with Crippen molar-refractivity contribution < 1.29 is 14.6 Å². The van der Waals surface area contributed by atoms with Crippen molar-refractivity contribution in [3.63, 3.8) is 0 Å². The van der Waals surface area contributed by atoms with E-state index < -0.39 is 0 Å². The van der Waals surface area contributed by atoms with Crippen LogP contribution in [0.4, 0.5) is 0 Å². The lowest BCUT2D eigenvalue weighted by molar-refractivity contribution is 0.0730. The maximum atomic E-state index is 13.2. The van der Waals surface area contributed by atoms with E-state index in [-0.39, 0.29) is 18.4 Å². The van der Waals surface area contributed by atoms with Gasteiger partial charge in [-0.05, 0) is 25.0 Å². The minimum absolute atomic E-state index is 0.0134. The van der Waals surface area contributed by atoms with Gasteiger partial charge in [-0.2, -0.15) is 0 Å². The standard InChI is InChI=1S/C19H22N2O3/c22-11-13-10-21(7-8-24-12-13)19(23)16-9-18(14-5-6-14)20-17-4-2-1-3-15(16)17/h1-4,9,13-14,22H,5-8,10-12H2/t13-/m0/s1. The van der Waals surface area contributed by atoms with Crippen LogP contribution in [0, 0.1) is 5.92 Å². The topological polar surface area (TPSA) is 62.7 Å². The average Bonchev–Trinajstić information content (AvgIpc) is 3.46. The first-order valence-electron chi connectivity index (χ1n) is 8.64. The summed E-state index contributed by atoms with van der Waals surface area (Å²) in [6.45, 7) is 2.15. The predicted molar refractivity (Wildman–Crippen MR) is 91.0 cm³/mol. The molecule has 2 fully saturated rings. The summed E-state index contributed by atoms with van der Waals surface area (Å²) in [6, 6.07) is 9.81. The first-order valence-corrected chi connectivity index (χ1v) is 8.64. The van der Waals surface area contributed by atoms with E-state index in [0.717, 1.165) is 35.0 Å². The molecule has 24 heavy (non-hydrogen) atoms. The Balaban J connectivity index is 1.72. The Bertz CT molecular complexity index is 757. The lowest BCUT2D eigenvalue weighted by Crippen LogP contribution is -2.37. The molecule has 1 N–H and O–H groups in total. The number of benzene rings is 1. The monoisotopic (exact) mass is 326 g/mol. The molecule has 1 aliphatic heterocycles. The van der Waals surface area contributed by atoms with Gasteiger partial charge >= 0.3 is 0 Å².